The molecule has 4 saturated heterocycles. The standard InChI is InChI=1S/C23H34N2O2.C22H32N2O3/c1-18-15-23(27-17-18)11-10-20(21(16-23)25-12-6-7-13-25)24(2)22(26)14-19-8-4-3-5-9-19;1-23(21(26)13-17-7-3-2-4-8-17)19-9-10-22(14-18(25)16-27-22)15-20(19)24-11-5-6-12-24/h3-5,8-9,18,20-21H,6-7,10-17H2,1-2H3;2-4,7-8,18-20,25H,5-6,9-16H2,1H3/t18?,20-,21-,23+;18?,19-,20-,22+/m00/s1. The molecule has 0 aromatic heterocycles. The van der Waals surface area contributed by atoms with Gasteiger partial charge in [0.25, 0.3) is 0 Å². The molecule has 54 heavy (non-hydrogen) atoms. The van der Waals surface area contributed by atoms with E-state index in [2.05, 4.69) is 21.6 Å². The predicted octanol–water partition coefficient (Wildman–Crippen LogP) is 5.72. The number of aliphatic hydroxyl groups excluding tert-OH is 1. The Labute approximate surface area is 324 Å². The van der Waals surface area contributed by atoms with Crippen LogP contribution in [0.4, 0.5) is 0 Å². The molecule has 2 aliphatic carbocycles. The van der Waals surface area contributed by atoms with Gasteiger partial charge in [-0.05, 0) is 114 Å². The van der Waals surface area contributed by atoms with Crippen LogP contribution in [0.15, 0.2) is 60.7 Å². The Morgan fingerprint density at radius 1 is 0.667 bits per heavy atom. The molecular formula is C45H66N4O5. The minimum Gasteiger partial charge on any atom is -0.391 e. The quantitative estimate of drug-likeness (QED) is 0.371. The monoisotopic (exact) mass is 743 g/mol. The Morgan fingerprint density at radius 2 is 1.09 bits per heavy atom. The van der Waals surface area contributed by atoms with Crippen molar-refractivity contribution < 1.29 is 24.2 Å². The number of benzene rings is 2. The summed E-state index contributed by atoms with van der Waals surface area (Å²) in [6, 6.07) is 21.4. The second-order valence-electron chi connectivity index (χ2n) is 17.7. The van der Waals surface area contributed by atoms with Gasteiger partial charge >= 0.3 is 0 Å². The number of likely N-dealkylation sites (N-methyl/N-ethyl adjacent to an activating group) is 2. The molecule has 9 nitrogen and oxygen atoms in total. The molecule has 8 atom stereocenters. The summed E-state index contributed by atoms with van der Waals surface area (Å²) in [5, 5.41) is 10.0. The fourth-order valence-electron chi connectivity index (χ4n) is 10.9. The minimum absolute atomic E-state index is 0.0620. The molecule has 2 spiro atoms. The maximum Gasteiger partial charge on any atom is 0.227 e. The van der Waals surface area contributed by atoms with E-state index in [1.807, 2.05) is 79.7 Å². The molecule has 8 rings (SSSR count). The number of nitrogens with zero attached hydrogens (tertiary/aromatic N) is 4. The lowest BCUT2D eigenvalue weighted by molar-refractivity contribution is -0.137. The molecule has 2 unspecified atom stereocenters. The molecule has 2 aromatic rings. The van der Waals surface area contributed by atoms with Gasteiger partial charge in [0.15, 0.2) is 0 Å². The van der Waals surface area contributed by atoms with Crippen LogP contribution >= 0.6 is 0 Å². The van der Waals surface area contributed by atoms with Crippen molar-refractivity contribution in [3.05, 3.63) is 71.8 Å². The number of hydrogen-bond acceptors (Lipinski definition) is 7. The van der Waals surface area contributed by atoms with Gasteiger partial charge in [0, 0.05) is 51.3 Å². The molecule has 9 heteroatoms. The second kappa shape index (κ2) is 17.5. The normalized spacial score (nSPS) is 34.2. The molecule has 0 bridgehead atoms. The van der Waals surface area contributed by atoms with Gasteiger partial charge in [-0.2, -0.15) is 0 Å². The summed E-state index contributed by atoms with van der Waals surface area (Å²) in [5.74, 6) is 1.10. The molecule has 2 aromatic carbocycles. The van der Waals surface area contributed by atoms with Gasteiger partial charge in [-0.1, -0.05) is 67.6 Å². The van der Waals surface area contributed by atoms with E-state index in [0.717, 1.165) is 75.8 Å². The Hall–Kier alpha value is -2.82. The van der Waals surface area contributed by atoms with Crippen LogP contribution in [0.3, 0.4) is 0 Å². The molecule has 0 radical (unpaired) electrons. The Balaban J connectivity index is 0.000000167. The van der Waals surface area contributed by atoms with Crippen LogP contribution in [0.5, 0.6) is 0 Å². The Kier molecular flexibility index (Phi) is 12.8. The van der Waals surface area contributed by atoms with E-state index in [1.54, 1.807) is 0 Å². The fraction of sp³-hybridized carbons (Fsp3) is 0.689. The van der Waals surface area contributed by atoms with Crippen LogP contribution in [0.1, 0.15) is 95.1 Å². The number of carbonyl (C=O) groups is 2. The maximum absolute atomic E-state index is 13.0. The van der Waals surface area contributed by atoms with Crippen LogP contribution < -0.4 is 0 Å². The largest absolute Gasteiger partial charge is 0.391 e. The zero-order valence-electron chi connectivity index (χ0n) is 33.2. The highest BCUT2D eigenvalue weighted by Crippen LogP contribution is 2.45. The lowest BCUT2D eigenvalue weighted by Crippen LogP contribution is -2.58. The van der Waals surface area contributed by atoms with Crippen LogP contribution in [-0.4, -0.2) is 131 Å². The van der Waals surface area contributed by atoms with Gasteiger partial charge in [0.05, 0.1) is 36.8 Å². The van der Waals surface area contributed by atoms with E-state index in [9.17, 15) is 14.7 Å². The lowest BCUT2D eigenvalue weighted by Gasteiger charge is -2.48. The number of rotatable bonds is 8. The zero-order valence-corrected chi connectivity index (χ0v) is 33.2. The molecule has 296 valence electrons. The summed E-state index contributed by atoms with van der Waals surface area (Å²) in [6.45, 7) is 8.24. The highest BCUT2D eigenvalue weighted by molar-refractivity contribution is 5.79. The first-order valence-corrected chi connectivity index (χ1v) is 21.2. The molecule has 4 heterocycles. The zero-order chi connectivity index (χ0) is 37.7. The van der Waals surface area contributed by atoms with Crippen LogP contribution in [0, 0.1) is 5.92 Å². The average Bonchev–Trinajstić information content (AvgIpc) is 4.02. The molecular weight excluding hydrogens is 677 g/mol. The SMILES string of the molecule is CC1CO[C@]2(CC[C@H](N(C)C(=O)Cc3ccccc3)[C@@H](N3CCCC3)C2)C1.CN(C(=O)Cc1ccccc1)[C@H]1CC[C@@]2(CC(O)CO2)C[C@@H]1N1CCCC1. The Morgan fingerprint density at radius 3 is 1.48 bits per heavy atom. The number of aliphatic hydroxyl groups is 1. The molecule has 1 N–H and O–H groups in total. The van der Waals surface area contributed by atoms with Crippen molar-refractivity contribution in [3.63, 3.8) is 0 Å². The van der Waals surface area contributed by atoms with E-state index in [1.165, 1.54) is 45.2 Å². The minimum atomic E-state index is -0.335. The van der Waals surface area contributed by atoms with Crippen LogP contribution in [0.2, 0.25) is 0 Å². The van der Waals surface area contributed by atoms with Gasteiger partial charge in [-0.3, -0.25) is 19.4 Å². The third kappa shape index (κ3) is 9.24. The first-order valence-electron chi connectivity index (χ1n) is 21.2. The number of hydrogen-bond donors (Lipinski definition) is 1. The first kappa shape index (κ1) is 39.4. The van der Waals surface area contributed by atoms with Crippen molar-refractivity contribution in [2.75, 3.05) is 53.5 Å². The topological polar surface area (TPSA) is 85.8 Å². The third-order valence-corrected chi connectivity index (χ3v) is 13.8. The van der Waals surface area contributed by atoms with Crippen molar-refractivity contribution in [1.82, 2.24) is 19.6 Å². The average molecular weight is 743 g/mol. The summed E-state index contributed by atoms with van der Waals surface area (Å²) < 4.78 is 12.4. The maximum atomic E-state index is 13.0. The molecule has 2 amide bonds. The van der Waals surface area contributed by atoms with Gasteiger partial charge < -0.3 is 24.4 Å². The van der Waals surface area contributed by atoms with Crippen molar-refractivity contribution >= 4 is 11.8 Å². The predicted molar refractivity (Wildman–Crippen MR) is 212 cm³/mol. The summed E-state index contributed by atoms with van der Waals surface area (Å²) in [5.41, 5.74) is 2.05. The van der Waals surface area contributed by atoms with E-state index >= 15 is 0 Å². The Bertz CT molecular complexity index is 1400. The van der Waals surface area contributed by atoms with Gasteiger partial charge in [0.2, 0.25) is 11.8 Å². The molecule has 4 aliphatic heterocycles. The van der Waals surface area contributed by atoms with Gasteiger partial charge in [-0.25, -0.2) is 0 Å². The second-order valence-corrected chi connectivity index (χ2v) is 17.7. The number of likely N-dealkylation sites (tertiary alicyclic amines) is 2. The molecule has 6 fully saturated rings. The van der Waals surface area contributed by atoms with Gasteiger partial charge in [0.1, 0.15) is 0 Å². The van der Waals surface area contributed by atoms with E-state index in [4.69, 9.17) is 9.47 Å². The van der Waals surface area contributed by atoms with Crippen molar-refractivity contribution in [3.8, 4) is 0 Å². The van der Waals surface area contributed by atoms with Crippen molar-refractivity contribution in [2.24, 2.45) is 5.92 Å². The van der Waals surface area contributed by atoms with Crippen LogP contribution in [0.25, 0.3) is 0 Å². The van der Waals surface area contributed by atoms with Crippen molar-refractivity contribution in [1.29, 1.82) is 0 Å². The molecule has 2 saturated carbocycles. The summed E-state index contributed by atoms with van der Waals surface area (Å²) in [6.07, 6.45) is 13.7. The molecule has 6 aliphatic rings. The van der Waals surface area contributed by atoms with E-state index in [-0.39, 0.29) is 35.2 Å². The number of carbonyl (C=O) groups excluding carboxylic acids is 2. The highest BCUT2D eigenvalue weighted by Gasteiger charge is 2.51. The number of amides is 2. The highest BCUT2D eigenvalue weighted by atomic mass is 16.5. The smallest absolute Gasteiger partial charge is 0.227 e. The fourth-order valence-corrected chi connectivity index (χ4v) is 10.9. The summed E-state index contributed by atoms with van der Waals surface area (Å²) >= 11 is 0. The van der Waals surface area contributed by atoms with E-state index in [0.29, 0.717) is 43.5 Å². The van der Waals surface area contributed by atoms with E-state index < -0.39 is 0 Å². The summed E-state index contributed by atoms with van der Waals surface area (Å²) in [4.78, 5) is 35.2. The van der Waals surface area contributed by atoms with Gasteiger partial charge in [-0.15, -0.1) is 0 Å². The van der Waals surface area contributed by atoms with Crippen molar-refractivity contribution in [2.45, 2.75) is 138 Å². The number of ether oxygens (including phenoxy) is 2. The van der Waals surface area contributed by atoms with Crippen LogP contribution in [-0.2, 0) is 31.9 Å². The lowest BCUT2D eigenvalue weighted by atomic mass is 9.75. The first-order chi connectivity index (χ1) is 26.1. The summed E-state index contributed by atoms with van der Waals surface area (Å²) in [7, 11) is 4.00. The third-order valence-electron chi connectivity index (χ3n) is 13.8.